The van der Waals surface area contributed by atoms with Gasteiger partial charge in [-0.2, -0.15) is 0 Å². The highest BCUT2D eigenvalue weighted by molar-refractivity contribution is 7.03. The van der Waals surface area contributed by atoms with Gasteiger partial charge in [0, 0.05) is 30.4 Å². The van der Waals surface area contributed by atoms with Crippen LogP contribution in [0.1, 0.15) is 24.2 Å². The van der Waals surface area contributed by atoms with Crippen LogP contribution in [0, 0.1) is 0 Å². The van der Waals surface area contributed by atoms with Crippen molar-refractivity contribution in [1.29, 1.82) is 0 Å². The van der Waals surface area contributed by atoms with E-state index in [9.17, 15) is 0 Å². The zero-order valence-electron chi connectivity index (χ0n) is 9.37. The zero-order chi connectivity index (χ0) is 11.4. The highest BCUT2D eigenvalue weighted by Gasteiger charge is 2.12. The molecular formula is C11H14N4S. The fourth-order valence-corrected chi connectivity index (χ4v) is 1.98. The van der Waals surface area contributed by atoms with Gasteiger partial charge in [-0.15, -0.1) is 5.10 Å². The molecule has 0 aliphatic heterocycles. The smallest absolute Gasteiger partial charge is 0.0895 e. The third-order valence-corrected chi connectivity index (χ3v) is 3.22. The van der Waals surface area contributed by atoms with Gasteiger partial charge in [0.15, 0.2) is 0 Å². The van der Waals surface area contributed by atoms with Crippen LogP contribution in [-0.4, -0.2) is 26.5 Å². The third kappa shape index (κ3) is 2.62. The van der Waals surface area contributed by atoms with Crippen LogP contribution in [0.5, 0.6) is 0 Å². The van der Waals surface area contributed by atoms with Crippen LogP contribution in [0.4, 0.5) is 0 Å². The quantitative estimate of drug-likeness (QED) is 0.812. The Labute approximate surface area is 99.1 Å². The Bertz CT molecular complexity index is 415. The first-order valence-electron chi connectivity index (χ1n) is 5.13. The van der Waals surface area contributed by atoms with Crippen molar-refractivity contribution in [3.05, 3.63) is 41.2 Å². The van der Waals surface area contributed by atoms with Crippen LogP contribution in [0.3, 0.4) is 0 Å². The van der Waals surface area contributed by atoms with Crippen molar-refractivity contribution < 1.29 is 0 Å². The van der Waals surface area contributed by atoms with Crippen molar-refractivity contribution in [2.24, 2.45) is 0 Å². The van der Waals surface area contributed by atoms with E-state index in [2.05, 4.69) is 33.4 Å². The maximum atomic E-state index is 4.05. The number of nitrogens with zero attached hydrogens (tertiary/aromatic N) is 4. The average molecular weight is 234 g/mol. The lowest BCUT2D eigenvalue weighted by molar-refractivity contribution is 0.250. The molecule has 0 fully saturated rings. The Morgan fingerprint density at radius 3 is 2.75 bits per heavy atom. The Hall–Kier alpha value is -1.33. The molecule has 5 heteroatoms. The molecule has 2 heterocycles. The van der Waals surface area contributed by atoms with E-state index in [1.807, 2.05) is 29.9 Å². The number of aromatic nitrogens is 3. The summed E-state index contributed by atoms with van der Waals surface area (Å²) < 4.78 is 3.86. The number of hydrogen-bond acceptors (Lipinski definition) is 5. The van der Waals surface area contributed by atoms with E-state index in [4.69, 9.17) is 0 Å². The predicted molar refractivity (Wildman–Crippen MR) is 64.0 cm³/mol. The molecule has 0 bridgehead atoms. The van der Waals surface area contributed by atoms with Gasteiger partial charge in [0.1, 0.15) is 0 Å². The molecule has 16 heavy (non-hydrogen) atoms. The fourth-order valence-electron chi connectivity index (χ4n) is 1.54. The predicted octanol–water partition coefficient (Wildman–Crippen LogP) is 2.13. The molecule has 0 N–H and O–H groups in total. The largest absolute Gasteiger partial charge is 0.294 e. The van der Waals surface area contributed by atoms with Crippen LogP contribution >= 0.6 is 11.5 Å². The summed E-state index contributed by atoms with van der Waals surface area (Å²) in [6, 6.07) is 4.44. The zero-order valence-corrected chi connectivity index (χ0v) is 10.2. The van der Waals surface area contributed by atoms with E-state index in [1.165, 1.54) is 17.1 Å². The van der Waals surface area contributed by atoms with Gasteiger partial charge in [-0.05, 0) is 43.2 Å². The molecule has 0 saturated heterocycles. The molecule has 0 aliphatic rings. The molecule has 0 spiro atoms. The van der Waals surface area contributed by atoms with E-state index in [-0.39, 0.29) is 0 Å². The number of hydrogen-bond donors (Lipinski definition) is 0. The van der Waals surface area contributed by atoms with Crippen LogP contribution in [-0.2, 0) is 6.54 Å². The van der Waals surface area contributed by atoms with E-state index in [0.29, 0.717) is 6.04 Å². The molecule has 2 aromatic rings. The minimum Gasteiger partial charge on any atom is -0.294 e. The Morgan fingerprint density at radius 1 is 1.38 bits per heavy atom. The van der Waals surface area contributed by atoms with E-state index >= 15 is 0 Å². The summed E-state index contributed by atoms with van der Waals surface area (Å²) in [6.45, 7) is 3.00. The lowest BCUT2D eigenvalue weighted by Crippen LogP contribution is -2.22. The minimum atomic E-state index is 0.352. The van der Waals surface area contributed by atoms with Crippen molar-refractivity contribution >= 4 is 11.5 Å². The van der Waals surface area contributed by atoms with Crippen molar-refractivity contribution in [1.82, 2.24) is 19.5 Å². The van der Waals surface area contributed by atoms with Crippen molar-refractivity contribution in [3.63, 3.8) is 0 Å². The molecule has 0 amide bonds. The fraction of sp³-hybridized carbons (Fsp3) is 0.364. The van der Waals surface area contributed by atoms with Gasteiger partial charge in [-0.25, -0.2) is 0 Å². The van der Waals surface area contributed by atoms with E-state index < -0.39 is 0 Å². The number of pyridine rings is 1. The summed E-state index contributed by atoms with van der Waals surface area (Å²) in [5, 5.41) is 6.03. The van der Waals surface area contributed by atoms with Crippen molar-refractivity contribution in [3.8, 4) is 0 Å². The lowest BCUT2D eigenvalue weighted by Gasteiger charge is -2.23. The first-order valence-corrected chi connectivity index (χ1v) is 5.97. The second kappa shape index (κ2) is 5.14. The Balaban J connectivity index is 2.02. The summed E-state index contributed by atoms with van der Waals surface area (Å²) in [5.41, 5.74) is 2.29. The second-order valence-corrected chi connectivity index (χ2v) is 4.38. The van der Waals surface area contributed by atoms with Gasteiger partial charge in [0.25, 0.3) is 0 Å². The minimum absolute atomic E-state index is 0.352. The molecule has 84 valence electrons. The molecule has 2 rings (SSSR count). The topological polar surface area (TPSA) is 41.9 Å². The van der Waals surface area contributed by atoms with Gasteiger partial charge >= 0.3 is 0 Å². The molecule has 0 radical (unpaired) electrons. The van der Waals surface area contributed by atoms with Crippen LogP contribution < -0.4 is 0 Å². The maximum Gasteiger partial charge on any atom is 0.0895 e. The van der Waals surface area contributed by atoms with Crippen LogP contribution in [0.2, 0.25) is 0 Å². The summed E-state index contributed by atoms with van der Waals surface area (Å²) in [6.07, 6.45) is 3.65. The van der Waals surface area contributed by atoms with Crippen molar-refractivity contribution in [2.75, 3.05) is 7.05 Å². The standard InChI is InChI=1S/C11H14N4S/c1-9(10-3-5-12-6-4-10)15(2)7-11-8-16-14-13-11/h3-6,8-9H,7H2,1-2H3. The summed E-state index contributed by atoms with van der Waals surface area (Å²) in [7, 11) is 2.09. The summed E-state index contributed by atoms with van der Waals surface area (Å²) in [5.74, 6) is 0. The SMILES string of the molecule is CC(c1ccncc1)N(C)Cc1csnn1. The van der Waals surface area contributed by atoms with E-state index in [1.54, 1.807) is 0 Å². The van der Waals surface area contributed by atoms with Gasteiger partial charge in [0.2, 0.25) is 0 Å². The highest BCUT2D eigenvalue weighted by atomic mass is 32.1. The summed E-state index contributed by atoms with van der Waals surface area (Å²) >= 11 is 1.39. The molecule has 0 aromatic carbocycles. The van der Waals surface area contributed by atoms with Gasteiger partial charge < -0.3 is 0 Å². The van der Waals surface area contributed by atoms with Gasteiger partial charge in [-0.3, -0.25) is 9.88 Å². The van der Waals surface area contributed by atoms with Crippen LogP contribution in [0.25, 0.3) is 0 Å². The molecular weight excluding hydrogens is 220 g/mol. The van der Waals surface area contributed by atoms with Gasteiger partial charge in [0.05, 0.1) is 5.69 Å². The second-order valence-electron chi connectivity index (χ2n) is 3.77. The first-order chi connectivity index (χ1) is 7.77. The Morgan fingerprint density at radius 2 is 2.12 bits per heavy atom. The number of rotatable bonds is 4. The third-order valence-electron chi connectivity index (χ3n) is 2.67. The molecule has 1 unspecified atom stereocenters. The molecule has 0 aliphatic carbocycles. The summed E-state index contributed by atoms with van der Waals surface area (Å²) in [4.78, 5) is 6.27. The van der Waals surface area contributed by atoms with Crippen LogP contribution in [0.15, 0.2) is 29.9 Å². The lowest BCUT2D eigenvalue weighted by atomic mass is 10.1. The monoisotopic (exact) mass is 234 g/mol. The molecule has 0 saturated carbocycles. The molecule has 4 nitrogen and oxygen atoms in total. The molecule has 2 aromatic heterocycles. The van der Waals surface area contributed by atoms with Crippen molar-refractivity contribution in [2.45, 2.75) is 19.5 Å². The Kier molecular flexibility index (Phi) is 3.58. The highest BCUT2D eigenvalue weighted by Crippen LogP contribution is 2.19. The first kappa shape index (κ1) is 11.2. The molecule has 1 atom stereocenters. The van der Waals surface area contributed by atoms with E-state index in [0.717, 1.165) is 12.2 Å². The maximum absolute atomic E-state index is 4.05. The average Bonchev–Trinajstić information content (AvgIpc) is 2.82. The normalized spacial score (nSPS) is 12.9. The van der Waals surface area contributed by atoms with Gasteiger partial charge in [-0.1, -0.05) is 4.49 Å².